The number of hydrogen-bond donors (Lipinski definition) is 2. The van der Waals surface area contributed by atoms with Gasteiger partial charge in [-0.3, -0.25) is 0 Å². The summed E-state index contributed by atoms with van der Waals surface area (Å²) in [6.07, 6.45) is 3.53. The first-order chi connectivity index (χ1) is 10.2. The molecule has 1 aromatic carbocycles. The third-order valence-corrected chi connectivity index (χ3v) is 4.60. The first kappa shape index (κ1) is 16.5. The van der Waals surface area contributed by atoms with Crippen molar-refractivity contribution in [2.75, 3.05) is 26.2 Å². The second-order valence-electron chi connectivity index (χ2n) is 6.55. The average molecular weight is 290 g/mol. The zero-order chi connectivity index (χ0) is 15.1. The predicted octanol–water partition coefficient (Wildman–Crippen LogP) is 2.30. The number of benzene rings is 1. The van der Waals surface area contributed by atoms with E-state index >= 15 is 0 Å². The van der Waals surface area contributed by atoms with Gasteiger partial charge in [0.1, 0.15) is 0 Å². The summed E-state index contributed by atoms with van der Waals surface area (Å²) in [5, 5.41) is 13.0. The summed E-state index contributed by atoms with van der Waals surface area (Å²) >= 11 is 0. The summed E-state index contributed by atoms with van der Waals surface area (Å²) in [4.78, 5) is 2.56. The van der Waals surface area contributed by atoms with E-state index in [9.17, 15) is 5.11 Å². The summed E-state index contributed by atoms with van der Waals surface area (Å²) in [5.74, 6) is 0.492. The Bertz CT molecular complexity index is 385. The zero-order valence-corrected chi connectivity index (χ0v) is 13.5. The summed E-state index contributed by atoms with van der Waals surface area (Å²) in [6, 6.07) is 11.5. The average Bonchev–Trinajstić information content (AvgIpc) is 2.52. The Hall–Kier alpha value is -0.900. The van der Waals surface area contributed by atoms with Gasteiger partial charge in [-0.2, -0.15) is 0 Å². The van der Waals surface area contributed by atoms with Gasteiger partial charge in [-0.15, -0.1) is 0 Å². The number of hydrogen-bond acceptors (Lipinski definition) is 3. The quantitative estimate of drug-likeness (QED) is 0.809. The fourth-order valence-corrected chi connectivity index (χ4v) is 3.01. The van der Waals surface area contributed by atoms with Crippen molar-refractivity contribution in [3.05, 3.63) is 35.9 Å². The van der Waals surface area contributed by atoms with Crippen molar-refractivity contribution in [3.63, 3.8) is 0 Å². The van der Waals surface area contributed by atoms with Gasteiger partial charge in [-0.1, -0.05) is 44.2 Å². The lowest BCUT2D eigenvalue weighted by Crippen LogP contribution is -2.49. The van der Waals surface area contributed by atoms with Crippen LogP contribution in [0.3, 0.4) is 0 Å². The van der Waals surface area contributed by atoms with Crippen molar-refractivity contribution in [2.45, 2.75) is 45.2 Å². The Morgan fingerprint density at radius 2 is 1.86 bits per heavy atom. The van der Waals surface area contributed by atoms with Crippen LogP contribution in [0.2, 0.25) is 0 Å². The minimum atomic E-state index is 0.242. The molecule has 1 heterocycles. The lowest BCUT2D eigenvalue weighted by Gasteiger charge is -2.35. The Kier molecular flexibility index (Phi) is 6.68. The summed E-state index contributed by atoms with van der Waals surface area (Å²) in [6.45, 7) is 8.07. The Morgan fingerprint density at radius 1 is 1.19 bits per heavy atom. The molecule has 0 amide bonds. The van der Waals surface area contributed by atoms with E-state index < -0.39 is 0 Å². The van der Waals surface area contributed by atoms with Gasteiger partial charge < -0.3 is 15.3 Å². The van der Waals surface area contributed by atoms with Gasteiger partial charge in [0, 0.05) is 18.6 Å². The molecule has 0 bridgehead atoms. The van der Waals surface area contributed by atoms with Gasteiger partial charge in [-0.25, -0.2) is 0 Å². The molecule has 0 radical (unpaired) electrons. The van der Waals surface area contributed by atoms with Crippen LogP contribution < -0.4 is 5.32 Å². The first-order valence-corrected chi connectivity index (χ1v) is 8.32. The highest BCUT2D eigenvalue weighted by Gasteiger charge is 2.22. The number of likely N-dealkylation sites (tertiary alicyclic amines) is 1. The fraction of sp³-hybridized carbons (Fsp3) is 0.667. The highest BCUT2D eigenvalue weighted by molar-refractivity contribution is 5.14. The third kappa shape index (κ3) is 5.42. The molecule has 1 saturated heterocycles. The van der Waals surface area contributed by atoms with Crippen LogP contribution in [0.5, 0.6) is 0 Å². The molecule has 0 spiro atoms. The summed E-state index contributed by atoms with van der Waals surface area (Å²) in [5.41, 5.74) is 1.43. The Labute approximate surface area is 129 Å². The molecule has 1 atom stereocenters. The minimum absolute atomic E-state index is 0.242. The van der Waals surface area contributed by atoms with Crippen LogP contribution in [0, 0.1) is 5.92 Å². The number of nitrogens with zero attached hydrogens (tertiary/aromatic N) is 1. The molecule has 118 valence electrons. The molecule has 2 rings (SSSR count). The van der Waals surface area contributed by atoms with E-state index in [-0.39, 0.29) is 12.6 Å². The van der Waals surface area contributed by atoms with Gasteiger partial charge >= 0.3 is 0 Å². The smallest absolute Gasteiger partial charge is 0.0587 e. The van der Waals surface area contributed by atoms with Crippen LogP contribution in [-0.4, -0.2) is 48.3 Å². The fourth-order valence-electron chi connectivity index (χ4n) is 3.01. The highest BCUT2D eigenvalue weighted by atomic mass is 16.3. The van der Waals surface area contributed by atoms with Crippen molar-refractivity contribution >= 4 is 0 Å². The Morgan fingerprint density at radius 3 is 2.43 bits per heavy atom. The van der Waals surface area contributed by atoms with Crippen molar-refractivity contribution in [1.82, 2.24) is 10.2 Å². The van der Waals surface area contributed by atoms with E-state index in [4.69, 9.17) is 0 Å². The van der Waals surface area contributed by atoms with Crippen molar-refractivity contribution in [1.29, 1.82) is 0 Å². The van der Waals surface area contributed by atoms with Gasteiger partial charge in [0.2, 0.25) is 0 Å². The van der Waals surface area contributed by atoms with Crippen LogP contribution >= 0.6 is 0 Å². The van der Waals surface area contributed by atoms with Crippen LogP contribution in [0.1, 0.15) is 32.3 Å². The third-order valence-electron chi connectivity index (χ3n) is 4.60. The molecule has 2 N–H and O–H groups in total. The van der Waals surface area contributed by atoms with Crippen molar-refractivity contribution in [2.24, 2.45) is 5.92 Å². The largest absolute Gasteiger partial charge is 0.395 e. The van der Waals surface area contributed by atoms with Crippen molar-refractivity contribution < 1.29 is 5.11 Å². The molecule has 0 unspecified atom stereocenters. The zero-order valence-electron chi connectivity index (χ0n) is 13.5. The topological polar surface area (TPSA) is 35.5 Å². The SMILES string of the molecule is CC(C)[C@@H](CO)NC1CCN(CCc2ccccc2)CC1. The van der Waals surface area contributed by atoms with Crippen molar-refractivity contribution in [3.8, 4) is 0 Å². The second kappa shape index (κ2) is 8.52. The molecule has 0 saturated carbocycles. The van der Waals surface area contributed by atoms with Crippen LogP contribution in [0.25, 0.3) is 0 Å². The van der Waals surface area contributed by atoms with Crippen LogP contribution in [-0.2, 0) is 6.42 Å². The van der Waals surface area contributed by atoms with E-state index in [2.05, 4.69) is 54.4 Å². The maximum Gasteiger partial charge on any atom is 0.0587 e. The number of aliphatic hydroxyl groups excluding tert-OH is 1. The molecule has 1 fully saturated rings. The lowest BCUT2D eigenvalue weighted by atomic mass is 9.99. The molecule has 1 aliphatic heterocycles. The van der Waals surface area contributed by atoms with Gasteiger partial charge in [0.25, 0.3) is 0 Å². The number of rotatable bonds is 7. The maximum absolute atomic E-state index is 9.42. The van der Waals surface area contributed by atoms with E-state index in [1.165, 1.54) is 31.5 Å². The number of piperidine rings is 1. The number of nitrogens with one attached hydrogen (secondary N) is 1. The predicted molar refractivity (Wildman–Crippen MR) is 88.5 cm³/mol. The Balaban J connectivity index is 1.68. The molecule has 0 aromatic heterocycles. The molecule has 1 aliphatic rings. The molecule has 1 aromatic rings. The standard InChI is InChI=1S/C18H30N2O/c1-15(2)18(14-21)19-17-9-12-20(13-10-17)11-8-16-6-4-3-5-7-16/h3-7,15,17-19,21H,8-14H2,1-2H3/t18-/m1/s1. The molecule has 3 nitrogen and oxygen atoms in total. The van der Waals surface area contributed by atoms with Gasteiger partial charge in [-0.05, 0) is 43.8 Å². The highest BCUT2D eigenvalue weighted by Crippen LogP contribution is 2.13. The molecular weight excluding hydrogens is 260 g/mol. The lowest BCUT2D eigenvalue weighted by molar-refractivity contribution is 0.156. The van der Waals surface area contributed by atoms with E-state index in [0.717, 1.165) is 13.0 Å². The number of aliphatic hydroxyl groups is 1. The van der Waals surface area contributed by atoms with E-state index in [1.807, 2.05) is 0 Å². The minimum Gasteiger partial charge on any atom is -0.395 e. The second-order valence-corrected chi connectivity index (χ2v) is 6.55. The van der Waals surface area contributed by atoms with Crippen LogP contribution in [0.15, 0.2) is 30.3 Å². The maximum atomic E-state index is 9.42. The summed E-state index contributed by atoms with van der Waals surface area (Å²) < 4.78 is 0. The van der Waals surface area contributed by atoms with Gasteiger partial charge in [0.05, 0.1) is 6.61 Å². The van der Waals surface area contributed by atoms with E-state index in [1.54, 1.807) is 0 Å². The van der Waals surface area contributed by atoms with E-state index in [0.29, 0.717) is 12.0 Å². The monoisotopic (exact) mass is 290 g/mol. The van der Waals surface area contributed by atoms with Crippen LogP contribution in [0.4, 0.5) is 0 Å². The molecule has 3 heteroatoms. The molecule has 0 aliphatic carbocycles. The van der Waals surface area contributed by atoms with Gasteiger partial charge in [0.15, 0.2) is 0 Å². The molecular formula is C18H30N2O. The normalized spacial score (nSPS) is 19.0. The first-order valence-electron chi connectivity index (χ1n) is 8.32. The molecule has 21 heavy (non-hydrogen) atoms. The summed E-state index contributed by atoms with van der Waals surface area (Å²) in [7, 11) is 0.